The van der Waals surface area contributed by atoms with E-state index in [2.05, 4.69) is 4.98 Å². The molecule has 0 saturated heterocycles. The number of nitro groups is 1. The highest BCUT2D eigenvalue weighted by atomic mass is 16.6. The van der Waals surface area contributed by atoms with Gasteiger partial charge in [-0.2, -0.15) is 5.26 Å². The van der Waals surface area contributed by atoms with E-state index in [0.29, 0.717) is 18.8 Å². The molecule has 1 aromatic rings. The lowest BCUT2D eigenvalue weighted by Gasteiger charge is -2.07. The van der Waals surface area contributed by atoms with Gasteiger partial charge in [0.05, 0.1) is 37.2 Å². The fourth-order valence-electron chi connectivity index (χ4n) is 1.20. The third-order valence-corrected chi connectivity index (χ3v) is 1.95. The van der Waals surface area contributed by atoms with Gasteiger partial charge in [0.15, 0.2) is 0 Å². The average Bonchev–Trinajstić information content (AvgIpc) is 2.25. The molecule has 0 aliphatic heterocycles. The van der Waals surface area contributed by atoms with Crippen molar-refractivity contribution in [1.29, 1.82) is 5.26 Å². The molecule has 15 heavy (non-hydrogen) atoms. The molecular formula is C9H11N4O2+. The zero-order valence-corrected chi connectivity index (χ0v) is 8.30. The summed E-state index contributed by atoms with van der Waals surface area (Å²) in [6.07, 6.45) is 1.95. The number of nitrogens with one attached hydrogen (secondary N) is 1. The number of aromatic amines is 1. The van der Waals surface area contributed by atoms with E-state index in [9.17, 15) is 10.1 Å². The Kier molecular flexibility index (Phi) is 3.57. The van der Waals surface area contributed by atoms with Crippen LogP contribution >= 0.6 is 0 Å². The second-order valence-corrected chi connectivity index (χ2v) is 2.99. The lowest BCUT2D eigenvalue weighted by atomic mass is 10.3. The van der Waals surface area contributed by atoms with Gasteiger partial charge in [0, 0.05) is 6.07 Å². The Morgan fingerprint density at radius 2 is 2.47 bits per heavy atom. The van der Waals surface area contributed by atoms with Crippen molar-refractivity contribution in [3.63, 3.8) is 0 Å². The van der Waals surface area contributed by atoms with E-state index >= 15 is 0 Å². The molecule has 0 aliphatic carbocycles. The minimum absolute atomic E-state index is 0.0120. The molecule has 6 nitrogen and oxygen atoms in total. The number of aromatic nitrogens is 1. The van der Waals surface area contributed by atoms with E-state index in [1.54, 1.807) is 24.2 Å². The van der Waals surface area contributed by atoms with Crippen molar-refractivity contribution in [2.45, 2.75) is 6.42 Å². The third kappa shape index (κ3) is 2.64. The largest absolute Gasteiger partial charge is 0.357 e. The summed E-state index contributed by atoms with van der Waals surface area (Å²) < 4.78 is 0. The molecule has 0 atom stereocenters. The second-order valence-electron chi connectivity index (χ2n) is 2.99. The van der Waals surface area contributed by atoms with Crippen molar-refractivity contribution < 1.29 is 9.91 Å². The zero-order chi connectivity index (χ0) is 11.3. The fraction of sp³-hybridized carbons (Fsp3) is 0.333. The highest BCUT2D eigenvalue weighted by molar-refractivity contribution is 5.52. The Morgan fingerprint density at radius 3 is 3.07 bits per heavy atom. The van der Waals surface area contributed by atoms with Crippen LogP contribution in [0.3, 0.4) is 0 Å². The number of H-pyrrole nitrogens is 1. The lowest BCUT2D eigenvalue weighted by Crippen LogP contribution is -2.26. The van der Waals surface area contributed by atoms with E-state index in [1.165, 1.54) is 6.07 Å². The maximum Gasteiger partial charge on any atom is 0.357 e. The van der Waals surface area contributed by atoms with Crippen LogP contribution in [0.5, 0.6) is 0 Å². The van der Waals surface area contributed by atoms with Gasteiger partial charge < -0.3 is 0 Å². The number of nitrogens with zero attached hydrogens (tertiary/aromatic N) is 3. The SMILES string of the molecule is CN(CCC#N)c1[nH+]cccc1[N+](=O)[O-]. The van der Waals surface area contributed by atoms with Crippen molar-refractivity contribution in [1.82, 2.24) is 0 Å². The summed E-state index contributed by atoms with van der Waals surface area (Å²) in [5, 5.41) is 19.1. The molecule has 0 spiro atoms. The molecule has 1 aromatic heterocycles. The summed E-state index contributed by atoms with van der Waals surface area (Å²) >= 11 is 0. The van der Waals surface area contributed by atoms with Gasteiger partial charge in [-0.15, -0.1) is 0 Å². The van der Waals surface area contributed by atoms with E-state index in [-0.39, 0.29) is 5.69 Å². The summed E-state index contributed by atoms with van der Waals surface area (Å²) in [6, 6.07) is 4.99. The highest BCUT2D eigenvalue weighted by Gasteiger charge is 2.23. The van der Waals surface area contributed by atoms with Crippen LogP contribution in [0.15, 0.2) is 18.3 Å². The van der Waals surface area contributed by atoms with Gasteiger partial charge in [-0.25, -0.2) is 4.98 Å². The van der Waals surface area contributed by atoms with Gasteiger partial charge in [0.1, 0.15) is 0 Å². The van der Waals surface area contributed by atoms with Crippen LogP contribution in [0.25, 0.3) is 0 Å². The molecule has 0 bridgehead atoms. The van der Waals surface area contributed by atoms with Crippen LogP contribution in [-0.4, -0.2) is 18.5 Å². The third-order valence-electron chi connectivity index (χ3n) is 1.95. The van der Waals surface area contributed by atoms with Crippen LogP contribution in [0, 0.1) is 21.4 Å². The van der Waals surface area contributed by atoms with Crippen LogP contribution in [0.4, 0.5) is 11.5 Å². The summed E-state index contributed by atoms with van der Waals surface area (Å²) in [5.41, 5.74) is 0.0120. The average molecular weight is 207 g/mol. The smallest absolute Gasteiger partial charge is 0.258 e. The quantitative estimate of drug-likeness (QED) is 0.538. The Bertz CT molecular complexity index is 399. The number of rotatable bonds is 4. The van der Waals surface area contributed by atoms with Crippen molar-refractivity contribution in [2.75, 3.05) is 18.5 Å². The predicted octanol–water partition coefficient (Wildman–Crippen LogP) is 0.759. The van der Waals surface area contributed by atoms with E-state index < -0.39 is 4.92 Å². The lowest BCUT2D eigenvalue weighted by molar-refractivity contribution is -0.411. The normalized spacial score (nSPS) is 9.33. The van der Waals surface area contributed by atoms with Gasteiger partial charge in [-0.3, -0.25) is 15.0 Å². The standard InChI is InChI=1S/C9H10N4O2/c1-12(7-3-5-10)9-8(13(14)15)4-2-6-11-9/h2,4,6H,3,7H2,1H3/p+1. The summed E-state index contributed by atoms with van der Waals surface area (Å²) in [7, 11) is 1.70. The first kappa shape index (κ1) is 10.9. The summed E-state index contributed by atoms with van der Waals surface area (Å²) in [4.78, 5) is 14.7. The molecule has 0 amide bonds. The monoisotopic (exact) mass is 207 g/mol. The number of hydrogen-bond donors (Lipinski definition) is 0. The first-order valence-corrected chi connectivity index (χ1v) is 4.40. The second kappa shape index (κ2) is 4.91. The van der Waals surface area contributed by atoms with Crippen LogP contribution in [-0.2, 0) is 0 Å². The summed E-state index contributed by atoms with van der Waals surface area (Å²) in [6.45, 7) is 0.456. The molecule has 1 heterocycles. The molecule has 78 valence electrons. The molecule has 0 radical (unpaired) electrons. The van der Waals surface area contributed by atoms with Gasteiger partial charge in [0.25, 0.3) is 0 Å². The number of anilines is 1. The van der Waals surface area contributed by atoms with Crippen molar-refractivity contribution >= 4 is 11.5 Å². The molecule has 1 rings (SSSR count). The van der Waals surface area contributed by atoms with Gasteiger partial charge >= 0.3 is 11.5 Å². The predicted molar refractivity (Wildman–Crippen MR) is 53.2 cm³/mol. The molecule has 0 fully saturated rings. The minimum atomic E-state index is -0.450. The maximum absolute atomic E-state index is 10.7. The van der Waals surface area contributed by atoms with Crippen molar-refractivity contribution in [3.05, 3.63) is 28.4 Å². The Balaban J connectivity index is 2.93. The van der Waals surface area contributed by atoms with Crippen LogP contribution in [0.2, 0.25) is 0 Å². The summed E-state index contributed by atoms with van der Waals surface area (Å²) in [5.74, 6) is 0.415. The Labute approximate surface area is 86.9 Å². The van der Waals surface area contributed by atoms with Crippen LogP contribution in [0.1, 0.15) is 6.42 Å². The topological polar surface area (TPSA) is 84.3 Å². The van der Waals surface area contributed by atoms with E-state index in [0.717, 1.165) is 0 Å². The molecular weight excluding hydrogens is 196 g/mol. The Hall–Kier alpha value is -2.16. The number of nitriles is 1. The van der Waals surface area contributed by atoms with E-state index in [1.807, 2.05) is 6.07 Å². The number of pyridine rings is 1. The minimum Gasteiger partial charge on any atom is -0.258 e. The first-order valence-electron chi connectivity index (χ1n) is 4.40. The first-order chi connectivity index (χ1) is 7.16. The van der Waals surface area contributed by atoms with Gasteiger partial charge in [-0.05, 0) is 6.07 Å². The Morgan fingerprint density at radius 1 is 1.73 bits per heavy atom. The van der Waals surface area contributed by atoms with E-state index in [4.69, 9.17) is 5.26 Å². The molecule has 6 heteroatoms. The van der Waals surface area contributed by atoms with Crippen molar-refractivity contribution in [2.24, 2.45) is 0 Å². The van der Waals surface area contributed by atoms with Crippen molar-refractivity contribution in [3.8, 4) is 6.07 Å². The molecule has 0 unspecified atom stereocenters. The highest BCUT2D eigenvalue weighted by Crippen LogP contribution is 2.20. The maximum atomic E-state index is 10.7. The molecule has 0 saturated carbocycles. The van der Waals surface area contributed by atoms with Gasteiger partial charge in [0.2, 0.25) is 0 Å². The molecule has 0 aromatic carbocycles. The molecule has 1 N–H and O–H groups in total. The molecule has 0 aliphatic rings. The zero-order valence-electron chi connectivity index (χ0n) is 8.30. The van der Waals surface area contributed by atoms with Crippen LogP contribution < -0.4 is 9.88 Å². The number of hydrogen-bond acceptors (Lipinski definition) is 4. The van der Waals surface area contributed by atoms with Gasteiger partial charge in [-0.1, -0.05) is 0 Å². The fourth-order valence-corrected chi connectivity index (χ4v) is 1.20.